The lowest BCUT2D eigenvalue weighted by Gasteiger charge is -2.30. The number of benzene rings is 2. The number of rotatable bonds is 8. The summed E-state index contributed by atoms with van der Waals surface area (Å²) in [6.45, 7) is 3.58. The van der Waals surface area contributed by atoms with Crippen molar-refractivity contribution in [3.05, 3.63) is 57.9 Å². The van der Waals surface area contributed by atoms with Gasteiger partial charge in [-0.05, 0) is 62.2 Å². The standard InChI is InChI=1S/C25H30ClN3O4S2/c1-3-33-16-15-29-22-14-11-19(26)17-23(22)34-25(29)27-24(30)18-9-12-21(13-10-18)35(31,32)28(2)20-7-5-4-6-8-20/h9-14,17,20H,3-8,15-16H2,1-2H3. The highest BCUT2D eigenvalue weighted by atomic mass is 35.5. The summed E-state index contributed by atoms with van der Waals surface area (Å²) in [5.74, 6) is -0.433. The molecule has 1 heterocycles. The smallest absolute Gasteiger partial charge is 0.279 e. The maximum absolute atomic E-state index is 13.1. The number of halogens is 1. The Morgan fingerprint density at radius 2 is 1.89 bits per heavy atom. The Hall–Kier alpha value is -2.04. The van der Waals surface area contributed by atoms with E-state index in [4.69, 9.17) is 16.3 Å². The number of carbonyl (C=O) groups is 1. The number of amides is 1. The van der Waals surface area contributed by atoms with Crippen LogP contribution < -0.4 is 4.80 Å². The van der Waals surface area contributed by atoms with Crippen LogP contribution in [0.1, 0.15) is 49.4 Å². The van der Waals surface area contributed by atoms with Crippen molar-refractivity contribution in [1.82, 2.24) is 8.87 Å². The first-order valence-electron chi connectivity index (χ1n) is 11.8. The molecule has 1 saturated carbocycles. The van der Waals surface area contributed by atoms with E-state index in [0.29, 0.717) is 35.1 Å². The molecule has 1 fully saturated rings. The van der Waals surface area contributed by atoms with Crippen molar-refractivity contribution in [2.45, 2.75) is 56.5 Å². The molecule has 2 aromatic carbocycles. The average molecular weight is 536 g/mol. The molecule has 0 spiro atoms. The van der Waals surface area contributed by atoms with Gasteiger partial charge < -0.3 is 9.30 Å². The monoisotopic (exact) mass is 535 g/mol. The third kappa shape index (κ3) is 5.86. The van der Waals surface area contributed by atoms with Crippen LogP contribution >= 0.6 is 22.9 Å². The largest absolute Gasteiger partial charge is 0.380 e. The van der Waals surface area contributed by atoms with Gasteiger partial charge in [0, 0.05) is 36.8 Å². The van der Waals surface area contributed by atoms with E-state index in [1.807, 2.05) is 29.7 Å². The molecule has 4 rings (SSSR count). The van der Waals surface area contributed by atoms with Crippen molar-refractivity contribution < 1.29 is 17.9 Å². The summed E-state index contributed by atoms with van der Waals surface area (Å²) in [5.41, 5.74) is 1.26. The predicted molar refractivity (Wildman–Crippen MR) is 139 cm³/mol. The summed E-state index contributed by atoms with van der Waals surface area (Å²) in [6.07, 6.45) is 5.02. The van der Waals surface area contributed by atoms with Crippen LogP contribution in [-0.2, 0) is 21.3 Å². The normalized spacial score (nSPS) is 15.8. The maximum atomic E-state index is 13.1. The summed E-state index contributed by atoms with van der Waals surface area (Å²) < 4.78 is 36.0. The molecule has 0 N–H and O–H groups in total. The minimum atomic E-state index is -3.62. The van der Waals surface area contributed by atoms with Gasteiger partial charge in [0.05, 0.1) is 21.7 Å². The molecule has 0 radical (unpaired) electrons. The van der Waals surface area contributed by atoms with Crippen LogP contribution in [-0.4, -0.2) is 49.5 Å². The summed E-state index contributed by atoms with van der Waals surface area (Å²) in [6, 6.07) is 11.6. The molecule has 1 aliphatic carbocycles. The highest BCUT2D eigenvalue weighted by Crippen LogP contribution is 2.27. The summed E-state index contributed by atoms with van der Waals surface area (Å²) in [5, 5.41) is 0.614. The molecule has 7 nitrogen and oxygen atoms in total. The van der Waals surface area contributed by atoms with Gasteiger partial charge in [-0.2, -0.15) is 9.30 Å². The third-order valence-electron chi connectivity index (χ3n) is 6.37. The zero-order valence-electron chi connectivity index (χ0n) is 19.9. The molecule has 3 aromatic rings. The van der Waals surface area contributed by atoms with Gasteiger partial charge in [0.25, 0.3) is 5.91 Å². The van der Waals surface area contributed by atoms with Crippen LogP contribution in [0.2, 0.25) is 5.02 Å². The number of hydrogen-bond donors (Lipinski definition) is 0. The highest BCUT2D eigenvalue weighted by molar-refractivity contribution is 7.89. The molecule has 0 aliphatic heterocycles. The Morgan fingerprint density at radius 1 is 1.17 bits per heavy atom. The Morgan fingerprint density at radius 3 is 2.57 bits per heavy atom. The Bertz CT molecular complexity index is 1360. The number of ether oxygens (including phenoxy) is 1. The van der Waals surface area contributed by atoms with E-state index < -0.39 is 15.9 Å². The molecular formula is C25H30ClN3O4S2. The first kappa shape index (κ1) is 26.0. The van der Waals surface area contributed by atoms with Gasteiger partial charge >= 0.3 is 0 Å². The number of thiazole rings is 1. The van der Waals surface area contributed by atoms with Gasteiger partial charge in [0.15, 0.2) is 4.80 Å². The number of sulfonamides is 1. The summed E-state index contributed by atoms with van der Waals surface area (Å²) in [7, 11) is -1.97. The van der Waals surface area contributed by atoms with E-state index in [2.05, 4.69) is 4.99 Å². The van der Waals surface area contributed by atoms with E-state index >= 15 is 0 Å². The lowest BCUT2D eigenvalue weighted by Crippen LogP contribution is -2.38. The molecular weight excluding hydrogens is 506 g/mol. The molecule has 35 heavy (non-hydrogen) atoms. The van der Waals surface area contributed by atoms with Gasteiger partial charge in [-0.15, -0.1) is 0 Å². The number of nitrogens with zero attached hydrogens (tertiary/aromatic N) is 3. The number of hydrogen-bond acceptors (Lipinski definition) is 5. The number of aromatic nitrogens is 1. The van der Waals surface area contributed by atoms with Crippen molar-refractivity contribution in [3.63, 3.8) is 0 Å². The fourth-order valence-electron chi connectivity index (χ4n) is 4.38. The minimum Gasteiger partial charge on any atom is -0.380 e. The second-order valence-corrected chi connectivity index (χ2v) is 12.0. The molecule has 1 amide bonds. The van der Waals surface area contributed by atoms with Crippen LogP contribution in [0.15, 0.2) is 52.4 Å². The van der Waals surface area contributed by atoms with Crippen LogP contribution in [0.5, 0.6) is 0 Å². The topological polar surface area (TPSA) is 81.0 Å². The Labute approximate surface area is 215 Å². The zero-order valence-corrected chi connectivity index (χ0v) is 22.3. The zero-order chi connectivity index (χ0) is 25.0. The molecule has 1 aromatic heterocycles. The molecule has 1 aliphatic rings. The summed E-state index contributed by atoms with van der Waals surface area (Å²) in [4.78, 5) is 18.1. The fourth-order valence-corrected chi connectivity index (χ4v) is 7.12. The van der Waals surface area contributed by atoms with Gasteiger partial charge in [-0.25, -0.2) is 8.42 Å². The first-order valence-corrected chi connectivity index (χ1v) is 14.5. The lowest BCUT2D eigenvalue weighted by molar-refractivity contribution is 0.0996. The average Bonchev–Trinajstić information content (AvgIpc) is 3.20. The van der Waals surface area contributed by atoms with Crippen molar-refractivity contribution in [3.8, 4) is 0 Å². The predicted octanol–water partition coefficient (Wildman–Crippen LogP) is 5.09. The SMILES string of the molecule is CCOCCn1c(=NC(=O)c2ccc(S(=O)(=O)N(C)C3CCCCC3)cc2)sc2cc(Cl)ccc21. The van der Waals surface area contributed by atoms with Crippen molar-refractivity contribution in [2.75, 3.05) is 20.3 Å². The van der Waals surface area contributed by atoms with Crippen LogP contribution in [0.4, 0.5) is 0 Å². The van der Waals surface area contributed by atoms with Crippen molar-refractivity contribution in [1.29, 1.82) is 0 Å². The molecule has 0 atom stereocenters. The van der Waals surface area contributed by atoms with Gasteiger partial charge in [0.2, 0.25) is 10.0 Å². The van der Waals surface area contributed by atoms with Crippen molar-refractivity contribution >= 4 is 49.1 Å². The van der Waals surface area contributed by atoms with Crippen LogP contribution in [0, 0.1) is 0 Å². The number of fused-ring (bicyclic) bond motifs is 1. The molecule has 0 saturated heterocycles. The van der Waals surface area contributed by atoms with E-state index in [1.165, 1.54) is 39.9 Å². The second kappa shape index (κ2) is 11.3. The molecule has 188 valence electrons. The maximum Gasteiger partial charge on any atom is 0.279 e. The quantitative estimate of drug-likeness (QED) is 0.376. The minimum absolute atomic E-state index is 0.0265. The molecule has 0 unspecified atom stereocenters. The fraction of sp³-hybridized carbons (Fsp3) is 0.440. The van der Waals surface area contributed by atoms with Crippen LogP contribution in [0.3, 0.4) is 0 Å². The first-order chi connectivity index (χ1) is 16.8. The number of carbonyl (C=O) groups excluding carboxylic acids is 1. The van der Waals surface area contributed by atoms with E-state index in [-0.39, 0.29) is 10.9 Å². The third-order valence-corrected chi connectivity index (χ3v) is 9.57. The molecule has 10 heteroatoms. The van der Waals surface area contributed by atoms with Crippen molar-refractivity contribution in [2.24, 2.45) is 4.99 Å². The van der Waals surface area contributed by atoms with E-state index in [0.717, 1.165) is 42.3 Å². The van der Waals surface area contributed by atoms with Gasteiger partial charge in [-0.3, -0.25) is 4.79 Å². The summed E-state index contributed by atoms with van der Waals surface area (Å²) >= 11 is 7.53. The van der Waals surface area contributed by atoms with Gasteiger partial charge in [0.1, 0.15) is 0 Å². The van der Waals surface area contributed by atoms with E-state index in [9.17, 15) is 13.2 Å². The Balaban J connectivity index is 1.60. The van der Waals surface area contributed by atoms with E-state index in [1.54, 1.807) is 7.05 Å². The lowest BCUT2D eigenvalue weighted by atomic mass is 9.96. The van der Waals surface area contributed by atoms with Gasteiger partial charge in [-0.1, -0.05) is 42.2 Å². The highest BCUT2D eigenvalue weighted by Gasteiger charge is 2.29. The Kier molecular flexibility index (Phi) is 8.44. The second-order valence-electron chi connectivity index (χ2n) is 8.60. The molecule has 0 bridgehead atoms. The van der Waals surface area contributed by atoms with Crippen LogP contribution in [0.25, 0.3) is 10.2 Å².